The number of hydrogen-bond acceptors (Lipinski definition) is 2. The van der Waals surface area contributed by atoms with E-state index in [2.05, 4.69) is 13.8 Å². The van der Waals surface area contributed by atoms with E-state index in [1.807, 2.05) is 30.6 Å². The number of nitrogens with zero attached hydrogens (tertiary/aromatic N) is 2. The van der Waals surface area contributed by atoms with Crippen LogP contribution in [0.15, 0.2) is 0 Å². The number of rotatable bonds is 6. The fourth-order valence-electron chi connectivity index (χ4n) is 1.59. The van der Waals surface area contributed by atoms with Crippen molar-refractivity contribution >= 4 is 6.03 Å². The van der Waals surface area contributed by atoms with Crippen molar-refractivity contribution in [2.24, 2.45) is 11.1 Å². The smallest absolute Gasteiger partial charge is 0.319 e. The monoisotopic (exact) mass is 229 g/mol. The van der Waals surface area contributed by atoms with Gasteiger partial charge in [0, 0.05) is 26.2 Å². The van der Waals surface area contributed by atoms with E-state index < -0.39 is 0 Å². The number of amides is 2. The molecule has 0 spiro atoms. The van der Waals surface area contributed by atoms with Gasteiger partial charge in [0.2, 0.25) is 0 Å². The normalized spacial score (nSPS) is 11.4. The van der Waals surface area contributed by atoms with Crippen LogP contribution in [0, 0.1) is 5.41 Å². The maximum absolute atomic E-state index is 12.1. The first kappa shape index (κ1) is 15.2. The molecule has 0 fully saturated rings. The van der Waals surface area contributed by atoms with E-state index >= 15 is 0 Å². The van der Waals surface area contributed by atoms with Crippen molar-refractivity contribution in [3.8, 4) is 0 Å². The molecule has 96 valence electrons. The van der Waals surface area contributed by atoms with Crippen LogP contribution in [-0.2, 0) is 0 Å². The second-order valence-electron chi connectivity index (χ2n) is 4.84. The lowest BCUT2D eigenvalue weighted by atomic mass is 9.93. The molecule has 2 N–H and O–H groups in total. The predicted molar refractivity (Wildman–Crippen MR) is 68.4 cm³/mol. The van der Waals surface area contributed by atoms with Gasteiger partial charge in [-0.15, -0.1) is 0 Å². The summed E-state index contributed by atoms with van der Waals surface area (Å²) in [6, 6.07) is 0.119. The Morgan fingerprint density at radius 2 is 1.50 bits per heavy atom. The Labute approximate surface area is 99.8 Å². The Kier molecular flexibility index (Phi) is 6.41. The van der Waals surface area contributed by atoms with Gasteiger partial charge in [0.15, 0.2) is 0 Å². The second-order valence-corrected chi connectivity index (χ2v) is 4.84. The predicted octanol–water partition coefficient (Wildman–Crippen LogP) is 1.76. The van der Waals surface area contributed by atoms with E-state index in [-0.39, 0.29) is 11.4 Å². The molecule has 0 aromatic rings. The molecule has 0 unspecified atom stereocenters. The van der Waals surface area contributed by atoms with E-state index in [1.54, 1.807) is 0 Å². The number of carbonyl (C=O) groups is 1. The summed E-state index contributed by atoms with van der Waals surface area (Å²) in [5.74, 6) is 0. The number of hydrogen-bond donors (Lipinski definition) is 1. The van der Waals surface area contributed by atoms with E-state index in [4.69, 9.17) is 5.73 Å². The zero-order valence-corrected chi connectivity index (χ0v) is 11.4. The summed E-state index contributed by atoms with van der Waals surface area (Å²) in [7, 11) is 0. The average molecular weight is 229 g/mol. The zero-order chi connectivity index (χ0) is 12.8. The van der Waals surface area contributed by atoms with Gasteiger partial charge in [-0.3, -0.25) is 0 Å². The number of nitrogens with two attached hydrogens (primary N) is 1. The van der Waals surface area contributed by atoms with Gasteiger partial charge in [-0.2, -0.15) is 0 Å². The summed E-state index contributed by atoms with van der Waals surface area (Å²) >= 11 is 0. The van der Waals surface area contributed by atoms with E-state index in [0.717, 1.165) is 26.2 Å². The van der Waals surface area contributed by atoms with Crippen molar-refractivity contribution in [3.63, 3.8) is 0 Å². The minimum atomic E-state index is -0.0151. The maximum Gasteiger partial charge on any atom is 0.319 e. The van der Waals surface area contributed by atoms with Crippen LogP contribution >= 0.6 is 0 Å². The molecule has 4 nitrogen and oxygen atoms in total. The molecule has 0 radical (unpaired) electrons. The lowest BCUT2D eigenvalue weighted by molar-refractivity contribution is 0.138. The molecule has 0 saturated heterocycles. The molecule has 0 aliphatic rings. The van der Waals surface area contributed by atoms with Gasteiger partial charge >= 0.3 is 6.03 Å². The van der Waals surface area contributed by atoms with Crippen molar-refractivity contribution in [2.75, 3.05) is 32.7 Å². The third-order valence-corrected chi connectivity index (χ3v) is 2.86. The highest BCUT2D eigenvalue weighted by Crippen LogP contribution is 2.15. The summed E-state index contributed by atoms with van der Waals surface area (Å²) in [4.78, 5) is 15.9. The van der Waals surface area contributed by atoms with Gasteiger partial charge in [-0.1, -0.05) is 13.8 Å². The second kappa shape index (κ2) is 6.74. The molecule has 0 saturated carbocycles. The molecule has 0 heterocycles. The molecule has 0 bridgehead atoms. The van der Waals surface area contributed by atoms with Crippen LogP contribution in [-0.4, -0.2) is 48.6 Å². The highest BCUT2D eigenvalue weighted by molar-refractivity contribution is 5.74. The largest absolute Gasteiger partial charge is 0.330 e. The van der Waals surface area contributed by atoms with Gasteiger partial charge in [-0.25, -0.2) is 4.79 Å². The summed E-state index contributed by atoms with van der Waals surface area (Å²) in [6.45, 7) is 13.8. The molecule has 16 heavy (non-hydrogen) atoms. The summed E-state index contributed by atoms with van der Waals surface area (Å²) in [5, 5.41) is 0. The Hall–Kier alpha value is -0.770. The van der Waals surface area contributed by atoms with Gasteiger partial charge < -0.3 is 15.5 Å². The number of carbonyl (C=O) groups excluding carboxylic acids is 1. The molecular formula is C12H27N3O. The molecular weight excluding hydrogens is 202 g/mol. The third kappa shape index (κ3) is 4.39. The zero-order valence-electron chi connectivity index (χ0n) is 11.4. The third-order valence-electron chi connectivity index (χ3n) is 2.86. The Balaban J connectivity index is 4.55. The van der Waals surface area contributed by atoms with Crippen molar-refractivity contribution in [2.45, 2.75) is 34.6 Å². The molecule has 2 amide bonds. The maximum atomic E-state index is 12.1. The number of urea groups is 1. The summed E-state index contributed by atoms with van der Waals surface area (Å²) in [6.07, 6.45) is 0. The van der Waals surface area contributed by atoms with Crippen LogP contribution in [0.1, 0.15) is 34.6 Å². The molecule has 0 rings (SSSR count). The summed E-state index contributed by atoms with van der Waals surface area (Å²) in [5.41, 5.74) is 5.68. The van der Waals surface area contributed by atoms with Gasteiger partial charge in [-0.05, 0) is 32.7 Å². The first-order chi connectivity index (χ1) is 7.41. The SMILES string of the molecule is CCN(CC)C(=O)N(CC)CC(C)(C)CN. The minimum absolute atomic E-state index is 0.0151. The van der Waals surface area contributed by atoms with E-state index in [1.165, 1.54) is 0 Å². The molecule has 0 aromatic heterocycles. The van der Waals surface area contributed by atoms with Gasteiger partial charge in [0.25, 0.3) is 0 Å². The van der Waals surface area contributed by atoms with Crippen molar-refractivity contribution in [1.29, 1.82) is 0 Å². The quantitative estimate of drug-likeness (QED) is 0.754. The van der Waals surface area contributed by atoms with Crippen LogP contribution in [0.5, 0.6) is 0 Å². The molecule has 4 heteroatoms. The first-order valence-corrected chi connectivity index (χ1v) is 6.15. The standard InChI is InChI=1S/C12H27N3O/c1-6-14(7-2)11(16)15(8-3)10-12(4,5)9-13/h6-10,13H2,1-5H3. The van der Waals surface area contributed by atoms with E-state index in [0.29, 0.717) is 6.54 Å². The van der Waals surface area contributed by atoms with Gasteiger partial charge in [0.05, 0.1) is 0 Å². The van der Waals surface area contributed by atoms with Crippen LogP contribution in [0.4, 0.5) is 4.79 Å². The topological polar surface area (TPSA) is 49.6 Å². The lowest BCUT2D eigenvalue weighted by Gasteiger charge is -2.34. The van der Waals surface area contributed by atoms with Gasteiger partial charge in [0.1, 0.15) is 0 Å². The molecule has 0 aromatic carbocycles. The van der Waals surface area contributed by atoms with Crippen LogP contribution in [0.2, 0.25) is 0 Å². The summed E-state index contributed by atoms with van der Waals surface area (Å²) < 4.78 is 0. The highest BCUT2D eigenvalue weighted by Gasteiger charge is 2.24. The fraction of sp³-hybridized carbons (Fsp3) is 0.917. The Morgan fingerprint density at radius 1 is 1.06 bits per heavy atom. The molecule has 0 aliphatic carbocycles. The Bertz CT molecular complexity index is 212. The minimum Gasteiger partial charge on any atom is -0.330 e. The van der Waals surface area contributed by atoms with E-state index in [9.17, 15) is 4.79 Å². The average Bonchev–Trinajstić information content (AvgIpc) is 2.27. The molecule has 0 aliphatic heterocycles. The van der Waals surface area contributed by atoms with Crippen molar-refractivity contribution in [3.05, 3.63) is 0 Å². The Morgan fingerprint density at radius 3 is 1.81 bits per heavy atom. The van der Waals surface area contributed by atoms with Crippen LogP contribution < -0.4 is 5.73 Å². The molecule has 0 atom stereocenters. The first-order valence-electron chi connectivity index (χ1n) is 6.15. The van der Waals surface area contributed by atoms with Crippen molar-refractivity contribution < 1.29 is 4.79 Å². The van der Waals surface area contributed by atoms with Crippen LogP contribution in [0.25, 0.3) is 0 Å². The highest BCUT2D eigenvalue weighted by atomic mass is 16.2. The van der Waals surface area contributed by atoms with Crippen LogP contribution in [0.3, 0.4) is 0 Å². The lowest BCUT2D eigenvalue weighted by Crippen LogP contribution is -2.48. The van der Waals surface area contributed by atoms with Crippen molar-refractivity contribution in [1.82, 2.24) is 9.80 Å². The fourth-order valence-corrected chi connectivity index (χ4v) is 1.59.